The average Bonchev–Trinajstić information content (AvgIpc) is 2.55. The van der Waals surface area contributed by atoms with Gasteiger partial charge in [0.25, 0.3) is 0 Å². The first kappa shape index (κ1) is 13.7. The van der Waals surface area contributed by atoms with Gasteiger partial charge in [-0.3, -0.25) is 9.69 Å². The van der Waals surface area contributed by atoms with Crippen molar-refractivity contribution < 1.29 is 14.3 Å². The number of nitrogens with zero attached hydrogens (tertiary/aromatic N) is 2. The van der Waals surface area contributed by atoms with Crippen LogP contribution in [0.4, 0.5) is 0 Å². The molecule has 1 unspecified atom stereocenters. The molecular weight excluding hydrogens is 220 g/mol. The second-order valence-electron chi connectivity index (χ2n) is 4.31. The molecule has 0 bridgehead atoms. The Morgan fingerprint density at radius 3 is 2.59 bits per heavy atom. The molecule has 0 spiro atoms. The Kier molecular flexibility index (Phi) is 4.69. The molecule has 5 heteroatoms. The van der Waals surface area contributed by atoms with Crippen molar-refractivity contribution in [3.63, 3.8) is 0 Å². The molecule has 0 aromatic carbocycles. The quantitative estimate of drug-likeness (QED) is 0.823. The first-order valence-corrected chi connectivity index (χ1v) is 5.82. The minimum absolute atomic E-state index is 0.00941. The normalized spacial score (nSPS) is 13.0. The van der Waals surface area contributed by atoms with Crippen LogP contribution in [-0.2, 0) is 11.3 Å². The number of aliphatic carboxylic acids is 1. The second-order valence-corrected chi connectivity index (χ2v) is 4.31. The maximum atomic E-state index is 10.8. The number of hydrogen-bond acceptors (Lipinski definition) is 4. The van der Waals surface area contributed by atoms with Crippen molar-refractivity contribution >= 4 is 5.97 Å². The summed E-state index contributed by atoms with van der Waals surface area (Å²) < 4.78 is 5.48. The zero-order valence-corrected chi connectivity index (χ0v) is 10.9. The van der Waals surface area contributed by atoms with E-state index in [0.717, 1.165) is 17.9 Å². The van der Waals surface area contributed by atoms with Crippen LogP contribution in [0.5, 0.6) is 0 Å². The molecule has 1 heterocycles. The van der Waals surface area contributed by atoms with Gasteiger partial charge in [-0.2, -0.15) is 0 Å². The highest BCUT2D eigenvalue weighted by atomic mass is 16.4. The second kappa shape index (κ2) is 5.82. The maximum Gasteiger partial charge on any atom is 0.317 e. The van der Waals surface area contributed by atoms with Crippen molar-refractivity contribution in [2.24, 2.45) is 0 Å². The van der Waals surface area contributed by atoms with Crippen LogP contribution in [0.25, 0.3) is 0 Å². The summed E-state index contributed by atoms with van der Waals surface area (Å²) in [5.41, 5.74) is 0.861. The lowest BCUT2D eigenvalue weighted by Crippen LogP contribution is -2.36. The van der Waals surface area contributed by atoms with E-state index in [2.05, 4.69) is 4.98 Å². The van der Waals surface area contributed by atoms with E-state index in [1.165, 1.54) is 0 Å². The Hall–Kier alpha value is -1.36. The SMILES string of the molecule is CCC(C)N(CC(=O)O)Cc1nc(C)c(C)o1. The number of carboxylic acid groups (broad SMARTS) is 1. The lowest BCUT2D eigenvalue weighted by molar-refractivity contribution is -0.139. The van der Waals surface area contributed by atoms with Gasteiger partial charge < -0.3 is 9.52 Å². The molecule has 1 rings (SSSR count). The predicted molar refractivity (Wildman–Crippen MR) is 63.8 cm³/mol. The zero-order chi connectivity index (χ0) is 13.0. The first-order chi connectivity index (χ1) is 7.93. The highest BCUT2D eigenvalue weighted by Crippen LogP contribution is 2.13. The molecule has 0 saturated heterocycles. The van der Waals surface area contributed by atoms with Crippen molar-refractivity contribution in [1.82, 2.24) is 9.88 Å². The van der Waals surface area contributed by atoms with E-state index in [1.807, 2.05) is 32.6 Å². The standard InChI is InChI=1S/C12H20N2O3/c1-5-8(2)14(7-12(15)16)6-11-13-9(3)10(4)17-11/h8H,5-7H2,1-4H3,(H,15,16). The Morgan fingerprint density at radius 2 is 2.18 bits per heavy atom. The summed E-state index contributed by atoms with van der Waals surface area (Å²) in [5, 5.41) is 8.87. The fourth-order valence-corrected chi connectivity index (χ4v) is 1.58. The fraction of sp³-hybridized carbons (Fsp3) is 0.667. The summed E-state index contributed by atoms with van der Waals surface area (Å²) in [6.07, 6.45) is 0.895. The number of carboxylic acids is 1. The lowest BCUT2D eigenvalue weighted by atomic mass is 10.2. The molecule has 1 aromatic rings. The molecule has 0 aliphatic heterocycles. The molecular formula is C12H20N2O3. The predicted octanol–water partition coefficient (Wildman–Crippen LogP) is 1.98. The summed E-state index contributed by atoms with van der Waals surface area (Å²) in [5.74, 6) is 0.547. The van der Waals surface area contributed by atoms with Crippen molar-refractivity contribution in [3.8, 4) is 0 Å². The van der Waals surface area contributed by atoms with Crippen LogP contribution in [0, 0.1) is 13.8 Å². The number of rotatable bonds is 6. The molecule has 0 fully saturated rings. The van der Waals surface area contributed by atoms with E-state index in [-0.39, 0.29) is 12.6 Å². The van der Waals surface area contributed by atoms with Gasteiger partial charge in [-0.1, -0.05) is 6.92 Å². The van der Waals surface area contributed by atoms with E-state index < -0.39 is 5.97 Å². The molecule has 0 aliphatic rings. The topological polar surface area (TPSA) is 66.6 Å². The number of carbonyl (C=O) groups is 1. The van der Waals surface area contributed by atoms with Gasteiger partial charge in [-0.15, -0.1) is 0 Å². The number of oxazole rings is 1. The molecule has 0 amide bonds. The maximum absolute atomic E-state index is 10.8. The Morgan fingerprint density at radius 1 is 1.53 bits per heavy atom. The van der Waals surface area contributed by atoms with E-state index in [1.54, 1.807) is 0 Å². The first-order valence-electron chi connectivity index (χ1n) is 5.82. The lowest BCUT2D eigenvalue weighted by Gasteiger charge is -2.24. The van der Waals surface area contributed by atoms with Crippen LogP contribution < -0.4 is 0 Å². The molecule has 17 heavy (non-hydrogen) atoms. The van der Waals surface area contributed by atoms with E-state index in [0.29, 0.717) is 12.4 Å². The van der Waals surface area contributed by atoms with Crippen LogP contribution in [0.1, 0.15) is 37.6 Å². The van der Waals surface area contributed by atoms with Gasteiger partial charge in [0, 0.05) is 6.04 Å². The average molecular weight is 240 g/mol. The molecule has 1 N–H and O–H groups in total. The number of aryl methyl sites for hydroxylation is 2. The van der Waals surface area contributed by atoms with Crippen molar-refractivity contribution in [2.45, 2.75) is 46.7 Å². The molecule has 5 nitrogen and oxygen atoms in total. The van der Waals surface area contributed by atoms with E-state index in [9.17, 15) is 4.79 Å². The summed E-state index contributed by atoms with van der Waals surface area (Å²) in [7, 11) is 0. The van der Waals surface area contributed by atoms with Gasteiger partial charge in [0.05, 0.1) is 18.8 Å². The van der Waals surface area contributed by atoms with Gasteiger partial charge in [0.2, 0.25) is 5.89 Å². The summed E-state index contributed by atoms with van der Waals surface area (Å²) in [6, 6.07) is 0.193. The van der Waals surface area contributed by atoms with Crippen LogP contribution in [0.3, 0.4) is 0 Å². The number of hydrogen-bond donors (Lipinski definition) is 1. The molecule has 96 valence electrons. The highest BCUT2D eigenvalue weighted by molar-refractivity contribution is 5.69. The molecule has 1 atom stereocenters. The smallest absolute Gasteiger partial charge is 0.317 e. The minimum Gasteiger partial charge on any atom is -0.480 e. The van der Waals surface area contributed by atoms with Crippen molar-refractivity contribution in [1.29, 1.82) is 0 Å². The van der Waals surface area contributed by atoms with Crippen LogP contribution in [0.15, 0.2) is 4.42 Å². The van der Waals surface area contributed by atoms with Crippen LogP contribution in [-0.4, -0.2) is 33.5 Å². The zero-order valence-electron chi connectivity index (χ0n) is 10.9. The Bertz CT molecular complexity index is 368. The van der Waals surface area contributed by atoms with Gasteiger partial charge in [-0.25, -0.2) is 4.98 Å². The molecule has 1 aromatic heterocycles. The summed E-state index contributed by atoms with van der Waals surface area (Å²) in [6.45, 7) is 8.23. The third-order valence-electron chi connectivity index (χ3n) is 2.96. The molecule has 0 saturated carbocycles. The van der Waals surface area contributed by atoms with Crippen LogP contribution >= 0.6 is 0 Å². The van der Waals surface area contributed by atoms with Gasteiger partial charge in [0.1, 0.15) is 5.76 Å². The van der Waals surface area contributed by atoms with E-state index in [4.69, 9.17) is 9.52 Å². The monoisotopic (exact) mass is 240 g/mol. The van der Waals surface area contributed by atoms with E-state index >= 15 is 0 Å². The number of aromatic nitrogens is 1. The van der Waals surface area contributed by atoms with Crippen molar-refractivity contribution in [3.05, 3.63) is 17.3 Å². The van der Waals surface area contributed by atoms with Gasteiger partial charge in [0.15, 0.2) is 0 Å². The van der Waals surface area contributed by atoms with Crippen LogP contribution in [0.2, 0.25) is 0 Å². The Balaban J connectivity index is 2.74. The highest BCUT2D eigenvalue weighted by Gasteiger charge is 2.18. The fourth-order valence-electron chi connectivity index (χ4n) is 1.58. The summed E-state index contributed by atoms with van der Waals surface area (Å²) >= 11 is 0. The minimum atomic E-state index is -0.828. The Labute approximate surface area is 101 Å². The largest absolute Gasteiger partial charge is 0.480 e. The van der Waals surface area contributed by atoms with Gasteiger partial charge >= 0.3 is 5.97 Å². The van der Waals surface area contributed by atoms with Crippen molar-refractivity contribution in [2.75, 3.05) is 6.54 Å². The third kappa shape index (κ3) is 3.85. The summed E-state index contributed by atoms with van der Waals surface area (Å²) in [4.78, 5) is 16.9. The van der Waals surface area contributed by atoms with Gasteiger partial charge in [-0.05, 0) is 27.2 Å². The molecule has 0 radical (unpaired) electrons. The molecule has 0 aliphatic carbocycles. The third-order valence-corrected chi connectivity index (χ3v) is 2.96.